The maximum Gasteiger partial charge on any atom is 0.320 e. The molecule has 0 spiro atoms. The molecule has 5 nitrogen and oxygen atoms in total. The SMILES string of the molecule is CCOC(=O)CN1CCC(Oc2ccc3nccc(Cl)c3c2)CC1. The summed E-state index contributed by atoms with van der Waals surface area (Å²) in [5.41, 5.74) is 0.860. The van der Waals surface area contributed by atoms with E-state index in [-0.39, 0.29) is 12.1 Å². The third-order valence-electron chi connectivity index (χ3n) is 4.16. The topological polar surface area (TPSA) is 51.7 Å². The molecule has 2 aromatic rings. The van der Waals surface area contributed by atoms with Crippen molar-refractivity contribution in [3.63, 3.8) is 0 Å². The molecule has 0 aliphatic carbocycles. The van der Waals surface area contributed by atoms with Crippen LogP contribution in [0, 0.1) is 0 Å². The zero-order valence-electron chi connectivity index (χ0n) is 13.7. The fraction of sp³-hybridized carbons (Fsp3) is 0.444. The molecular formula is C18H21ClN2O3. The largest absolute Gasteiger partial charge is 0.490 e. The van der Waals surface area contributed by atoms with Gasteiger partial charge in [0.1, 0.15) is 11.9 Å². The summed E-state index contributed by atoms with van der Waals surface area (Å²) in [4.78, 5) is 17.9. The molecule has 2 heterocycles. The molecule has 6 heteroatoms. The highest BCUT2D eigenvalue weighted by molar-refractivity contribution is 6.35. The summed E-state index contributed by atoms with van der Waals surface area (Å²) < 4.78 is 11.1. The number of benzene rings is 1. The molecular weight excluding hydrogens is 328 g/mol. The molecule has 0 atom stereocenters. The van der Waals surface area contributed by atoms with E-state index in [1.807, 2.05) is 25.1 Å². The number of rotatable bonds is 5. The normalized spacial score (nSPS) is 16.2. The van der Waals surface area contributed by atoms with Crippen molar-refractivity contribution >= 4 is 28.5 Å². The van der Waals surface area contributed by atoms with Gasteiger partial charge in [0.05, 0.1) is 23.7 Å². The van der Waals surface area contributed by atoms with Crippen LogP contribution in [0.2, 0.25) is 5.02 Å². The first-order chi connectivity index (χ1) is 11.7. The van der Waals surface area contributed by atoms with E-state index >= 15 is 0 Å². The number of likely N-dealkylation sites (tertiary alicyclic amines) is 1. The molecule has 0 saturated carbocycles. The lowest BCUT2D eigenvalue weighted by Crippen LogP contribution is -2.41. The summed E-state index contributed by atoms with van der Waals surface area (Å²) in [6.45, 7) is 4.28. The van der Waals surface area contributed by atoms with Gasteiger partial charge in [0.2, 0.25) is 0 Å². The molecule has 3 rings (SSSR count). The van der Waals surface area contributed by atoms with Gasteiger partial charge in [-0.05, 0) is 44.0 Å². The number of nitrogens with zero attached hydrogens (tertiary/aromatic N) is 2. The molecule has 0 radical (unpaired) electrons. The van der Waals surface area contributed by atoms with Gasteiger partial charge in [-0.25, -0.2) is 0 Å². The lowest BCUT2D eigenvalue weighted by Gasteiger charge is -2.31. The Bertz CT molecular complexity index is 714. The monoisotopic (exact) mass is 348 g/mol. The first-order valence-corrected chi connectivity index (χ1v) is 8.62. The number of pyridine rings is 1. The molecule has 24 heavy (non-hydrogen) atoms. The fourth-order valence-corrected chi connectivity index (χ4v) is 3.14. The van der Waals surface area contributed by atoms with Gasteiger partial charge in [0.25, 0.3) is 0 Å². The third kappa shape index (κ3) is 4.16. The number of esters is 1. The van der Waals surface area contributed by atoms with Crippen molar-refractivity contribution in [2.45, 2.75) is 25.9 Å². The Kier molecular flexibility index (Phi) is 5.53. The summed E-state index contributed by atoms with van der Waals surface area (Å²) >= 11 is 6.22. The second-order valence-electron chi connectivity index (χ2n) is 5.87. The summed E-state index contributed by atoms with van der Waals surface area (Å²) in [5.74, 6) is 0.648. The number of piperidine rings is 1. The lowest BCUT2D eigenvalue weighted by molar-refractivity contribution is -0.144. The summed E-state index contributed by atoms with van der Waals surface area (Å²) in [6.07, 6.45) is 3.62. The Labute approximate surface area is 146 Å². The molecule has 1 aromatic carbocycles. The zero-order chi connectivity index (χ0) is 16.9. The van der Waals surface area contributed by atoms with E-state index in [2.05, 4.69) is 9.88 Å². The van der Waals surface area contributed by atoms with Crippen LogP contribution in [-0.2, 0) is 9.53 Å². The van der Waals surface area contributed by atoms with Crippen molar-refractivity contribution in [2.24, 2.45) is 0 Å². The number of fused-ring (bicyclic) bond motifs is 1. The molecule has 1 aromatic heterocycles. The Morgan fingerprint density at radius 3 is 2.88 bits per heavy atom. The second kappa shape index (κ2) is 7.81. The number of aromatic nitrogens is 1. The Morgan fingerprint density at radius 2 is 2.12 bits per heavy atom. The smallest absolute Gasteiger partial charge is 0.320 e. The highest BCUT2D eigenvalue weighted by atomic mass is 35.5. The van der Waals surface area contributed by atoms with Crippen molar-refractivity contribution in [1.82, 2.24) is 9.88 Å². The highest BCUT2D eigenvalue weighted by Gasteiger charge is 2.22. The van der Waals surface area contributed by atoms with E-state index < -0.39 is 0 Å². The van der Waals surface area contributed by atoms with Gasteiger partial charge < -0.3 is 9.47 Å². The number of halogens is 1. The van der Waals surface area contributed by atoms with Crippen molar-refractivity contribution in [2.75, 3.05) is 26.2 Å². The molecule has 0 bridgehead atoms. The molecule has 1 aliphatic heterocycles. The van der Waals surface area contributed by atoms with Crippen molar-refractivity contribution < 1.29 is 14.3 Å². The number of carbonyl (C=O) groups is 1. The second-order valence-corrected chi connectivity index (χ2v) is 6.28. The van der Waals surface area contributed by atoms with E-state index in [0.29, 0.717) is 18.2 Å². The van der Waals surface area contributed by atoms with Crippen LogP contribution in [0.15, 0.2) is 30.5 Å². The summed E-state index contributed by atoms with van der Waals surface area (Å²) in [7, 11) is 0. The van der Waals surface area contributed by atoms with Gasteiger partial charge in [-0.1, -0.05) is 11.6 Å². The highest BCUT2D eigenvalue weighted by Crippen LogP contribution is 2.27. The Morgan fingerprint density at radius 1 is 1.33 bits per heavy atom. The van der Waals surface area contributed by atoms with E-state index in [1.165, 1.54) is 0 Å². The van der Waals surface area contributed by atoms with Crippen LogP contribution in [0.3, 0.4) is 0 Å². The molecule has 0 N–H and O–H groups in total. The average molecular weight is 349 g/mol. The number of ether oxygens (including phenoxy) is 2. The van der Waals surface area contributed by atoms with Gasteiger partial charge in [-0.2, -0.15) is 0 Å². The zero-order valence-corrected chi connectivity index (χ0v) is 14.5. The molecule has 1 aliphatic rings. The molecule has 1 fully saturated rings. The van der Waals surface area contributed by atoms with Gasteiger partial charge >= 0.3 is 5.97 Å². The molecule has 128 valence electrons. The van der Waals surface area contributed by atoms with Crippen molar-refractivity contribution in [1.29, 1.82) is 0 Å². The minimum Gasteiger partial charge on any atom is -0.490 e. The van der Waals surface area contributed by atoms with Crippen LogP contribution < -0.4 is 4.74 Å². The first-order valence-electron chi connectivity index (χ1n) is 8.24. The van der Waals surface area contributed by atoms with Gasteiger partial charge in [0.15, 0.2) is 0 Å². The van der Waals surface area contributed by atoms with Crippen LogP contribution in [0.4, 0.5) is 0 Å². The van der Waals surface area contributed by atoms with Crippen molar-refractivity contribution in [3.8, 4) is 5.75 Å². The number of carbonyl (C=O) groups excluding carboxylic acids is 1. The van der Waals surface area contributed by atoms with Gasteiger partial charge in [-0.15, -0.1) is 0 Å². The fourth-order valence-electron chi connectivity index (χ4n) is 2.93. The van der Waals surface area contributed by atoms with E-state index in [4.69, 9.17) is 21.1 Å². The minimum atomic E-state index is -0.159. The quantitative estimate of drug-likeness (QED) is 0.776. The third-order valence-corrected chi connectivity index (χ3v) is 4.48. The average Bonchev–Trinajstić information content (AvgIpc) is 2.58. The number of hydrogen-bond acceptors (Lipinski definition) is 5. The molecule has 0 unspecified atom stereocenters. The number of hydrogen-bond donors (Lipinski definition) is 0. The lowest BCUT2D eigenvalue weighted by atomic mass is 10.1. The maximum absolute atomic E-state index is 11.5. The van der Waals surface area contributed by atoms with Crippen LogP contribution >= 0.6 is 11.6 Å². The molecule has 1 saturated heterocycles. The van der Waals surface area contributed by atoms with Crippen molar-refractivity contribution in [3.05, 3.63) is 35.5 Å². The maximum atomic E-state index is 11.5. The summed E-state index contributed by atoms with van der Waals surface area (Å²) in [6, 6.07) is 7.57. The Hall–Kier alpha value is -1.85. The van der Waals surface area contributed by atoms with E-state index in [1.54, 1.807) is 12.3 Å². The van der Waals surface area contributed by atoms with E-state index in [0.717, 1.165) is 42.6 Å². The van der Waals surface area contributed by atoms with E-state index in [9.17, 15) is 4.79 Å². The van der Waals surface area contributed by atoms with Crippen LogP contribution in [0.5, 0.6) is 5.75 Å². The standard InChI is InChI=1S/C18H21ClN2O3/c1-2-23-18(22)12-21-9-6-13(7-10-21)24-14-3-4-17-15(11-14)16(19)5-8-20-17/h3-5,8,11,13H,2,6-7,9-10,12H2,1H3. The first kappa shape index (κ1) is 17.0. The van der Waals surface area contributed by atoms with Gasteiger partial charge in [0, 0.05) is 24.7 Å². The van der Waals surface area contributed by atoms with Gasteiger partial charge in [-0.3, -0.25) is 14.7 Å². The Balaban J connectivity index is 1.56. The predicted octanol–water partition coefficient (Wildman–Crippen LogP) is 3.29. The van der Waals surface area contributed by atoms with Crippen LogP contribution in [0.1, 0.15) is 19.8 Å². The molecule has 0 amide bonds. The summed E-state index contributed by atoms with van der Waals surface area (Å²) in [5, 5.41) is 1.58. The predicted molar refractivity (Wildman–Crippen MR) is 93.5 cm³/mol. The minimum absolute atomic E-state index is 0.149. The van der Waals surface area contributed by atoms with Crippen LogP contribution in [0.25, 0.3) is 10.9 Å². The van der Waals surface area contributed by atoms with Crippen LogP contribution in [-0.4, -0.2) is 48.2 Å².